The van der Waals surface area contributed by atoms with Crippen LogP contribution < -0.4 is 68.3 Å². The second-order valence-corrected chi connectivity index (χ2v) is 5.51. The Balaban J connectivity index is 0.00000264. The minimum atomic E-state index is 0. The summed E-state index contributed by atoms with van der Waals surface area (Å²) in [6, 6.07) is 8.24. The fourth-order valence-corrected chi connectivity index (χ4v) is 2.55. The molecular weight excluding hydrogens is 323 g/mol. The van der Waals surface area contributed by atoms with Crippen LogP contribution in [-0.2, 0) is 6.54 Å². The standard InChI is InChI=1S/C18H24N4.CH3.K/c1-5-14-16(6-2)21-11-13-9-7-8-10-15(13)18(17(14)19)22(20)12(3)4;;/h5-10,12,21H,1-2,11,19-20H2,3-4H3;1H3;/q;-1;+1/b16-14-,18-17-;;. The molecule has 0 radical (unpaired) electrons. The largest absolute Gasteiger partial charge is 1.00 e. The van der Waals surface area contributed by atoms with Crippen molar-refractivity contribution in [1.82, 2.24) is 10.3 Å². The van der Waals surface area contributed by atoms with Crippen molar-refractivity contribution < 1.29 is 51.4 Å². The molecule has 1 aromatic carbocycles. The van der Waals surface area contributed by atoms with Crippen LogP contribution in [0.3, 0.4) is 0 Å². The summed E-state index contributed by atoms with van der Waals surface area (Å²) < 4.78 is 0. The topological polar surface area (TPSA) is 67.3 Å². The van der Waals surface area contributed by atoms with Crippen molar-refractivity contribution >= 4 is 5.70 Å². The van der Waals surface area contributed by atoms with Gasteiger partial charge in [-0.25, -0.2) is 5.84 Å². The Kier molecular flexibility index (Phi) is 9.88. The van der Waals surface area contributed by atoms with E-state index in [9.17, 15) is 0 Å². The molecule has 0 saturated carbocycles. The summed E-state index contributed by atoms with van der Waals surface area (Å²) in [4.78, 5) is 0. The third-order valence-corrected chi connectivity index (χ3v) is 3.80. The van der Waals surface area contributed by atoms with Crippen LogP contribution in [0.25, 0.3) is 5.70 Å². The van der Waals surface area contributed by atoms with Gasteiger partial charge in [-0.05, 0) is 25.5 Å². The molecular formula is C19H27KN4. The molecule has 2 rings (SSSR count). The molecule has 5 heteroatoms. The van der Waals surface area contributed by atoms with Crippen LogP contribution >= 0.6 is 0 Å². The van der Waals surface area contributed by atoms with Crippen LogP contribution in [0.5, 0.6) is 0 Å². The third-order valence-electron chi connectivity index (χ3n) is 3.80. The molecule has 0 amide bonds. The summed E-state index contributed by atoms with van der Waals surface area (Å²) in [5.41, 5.74) is 11.7. The third kappa shape index (κ3) is 4.62. The van der Waals surface area contributed by atoms with Gasteiger partial charge in [0.1, 0.15) is 0 Å². The van der Waals surface area contributed by atoms with Gasteiger partial charge >= 0.3 is 51.4 Å². The Morgan fingerprint density at radius 1 is 1.21 bits per heavy atom. The zero-order valence-electron chi connectivity index (χ0n) is 15.3. The number of allylic oxidation sites excluding steroid dienone is 2. The van der Waals surface area contributed by atoms with E-state index in [1.807, 2.05) is 32.0 Å². The number of benzene rings is 1. The van der Waals surface area contributed by atoms with Gasteiger partial charge < -0.3 is 23.5 Å². The second-order valence-electron chi connectivity index (χ2n) is 5.51. The van der Waals surface area contributed by atoms with Crippen molar-refractivity contribution in [2.75, 3.05) is 0 Å². The fourth-order valence-electron chi connectivity index (χ4n) is 2.55. The summed E-state index contributed by atoms with van der Waals surface area (Å²) >= 11 is 0. The molecule has 0 aromatic heterocycles. The molecule has 1 heterocycles. The van der Waals surface area contributed by atoms with Gasteiger partial charge in [0, 0.05) is 29.4 Å². The zero-order valence-corrected chi connectivity index (χ0v) is 18.4. The Bertz CT molecular complexity index is 659. The van der Waals surface area contributed by atoms with E-state index in [0.717, 1.165) is 28.1 Å². The van der Waals surface area contributed by atoms with Gasteiger partial charge in [-0.15, -0.1) is 0 Å². The van der Waals surface area contributed by atoms with Crippen LogP contribution in [0.15, 0.2) is 66.5 Å². The Hall–Kier alpha value is -0.824. The Morgan fingerprint density at radius 3 is 2.38 bits per heavy atom. The van der Waals surface area contributed by atoms with Crippen molar-refractivity contribution in [2.45, 2.75) is 26.4 Å². The van der Waals surface area contributed by atoms with E-state index >= 15 is 0 Å². The first kappa shape index (κ1) is 23.2. The maximum absolute atomic E-state index is 6.46. The van der Waals surface area contributed by atoms with Crippen molar-refractivity contribution in [1.29, 1.82) is 0 Å². The van der Waals surface area contributed by atoms with Gasteiger partial charge in [-0.2, -0.15) is 0 Å². The number of rotatable bonds is 4. The van der Waals surface area contributed by atoms with E-state index in [0.29, 0.717) is 12.2 Å². The van der Waals surface area contributed by atoms with E-state index in [1.54, 1.807) is 17.2 Å². The van der Waals surface area contributed by atoms with Crippen LogP contribution in [0.4, 0.5) is 0 Å². The van der Waals surface area contributed by atoms with Crippen molar-refractivity contribution in [3.63, 3.8) is 0 Å². The summed E-state index contributed by atoms with van der Waals surface area (Å²) in [5, 5.41) is 5.08. The van der Waals surface area contributed by atoms with Crippen LogP contribution in [0.1, 0.15) is 25.0 Å². The zero-order chi connectivity index (χ0) is 16.3. The van der Waals surface area contributed by atoms with Gasteiger partial charge in [-0.3, -0.25) is 0 Å². The van der Waals surface area contributed by atoms with Crippen LogP contribution in [-0.4, -0.2) is 11.1 Å². The molecule has 1 aromatic rings. The van der Waals surface area contributed by atoms with Gasteiger partial charge in [0.2, 0.25) is 0 Å². The molecule has 1 aliphatic rings. The average Bonchev–Trinajstić information content (AvgIpc) is 2.50. The Morgan fingerprint density at radius 2 is 1.83 bits per heavy atom. The quantitative estimate of drug-likeness (QED) is 0.311. The Labute approximate surface area is 188 Å². The number of hydrogen-bond acceptors (Lipinski definition) is 4. The summed E-state index contributed by atoms with van der Waals surface area (Å²) in [7, 11) is 0. The van der Waals surface area contributed by atoms with Crippen molar-refractivity contribution in [3.05, 3.63) is 85.1 Å². The number of hydrazine groups is 1. The minimum Gasteiger partial charge on any atom is -0.396 e. The maximum atomic E-state index is 6.46. The first-order chi connectivity index (χ1) is 10.5. The summed E-state index contributed by atoms with van der Waals surface area (Å²) in [5.74, 6) is 6.31. The average molecular weight is 351 g/mol. The number of nitrogens with one attached hydrogen (secondary N) is 1. The molecule has 124 valence electrons. The van der Waals surface area contributed by atoms with Crippen LogP contribution in [0, 0.1) is 7.43 Å². The predicted octanol–water partition coefficient (Wildman–Crippen LogP) is 0.0816. The molecule has 0 unspecified atom stereocenters. The molecule has 24 heavy (non-hydrogen) atoms. The van der Waals surface area contributed by atoms with Gasteiger partial charge in [0.25, 0.3) is 0 Å². The van der Waals surface area contributed by atoms with Crippen molar-refractivity contribution in [2.24, 2.45) is 11.6 Å². The number of fused-ring (bicyclic) bond motifs is 1. The first-order valence-electron chi connectivity index (χ1n) is 7.36. The number of nitrogens with two attached hydrogens (primary N) is 2. The summed E-state index contributed by atoms with van der Waals surface area (Å²) in [6.45, 7) is 12.5. The monoisotopic (exact) mass is 350 g/mol. The van der Waals surface area contributed by atoms with E-state index in [1.165, 1.54) is 0 Å². The maximum Gasteiger partial charge on any atom is 1.00 e. The second kappa shape index (κ2) is 10.2. The number of hydrogen-bond donors (Lipinski definition) is 3. The molecule has 0 atom stereocenters. The molecule has 0 spiro atoms. The van der Waals surface area contributed by atoms with E-state index in [2.05, 4.69) is 24.5 Å². The molecule has 0 aliphatic carbocycles. The first-order valence-corrected chi connectivity index (χ1v) is 7.36. The minimum absolute atomic E-state index is 0. The molecule has 1 aliphatic heterocycles. The SMILES string of the molecule is C=C/C1=C(C=C)/C(N)=C(/N(N)C(C)C)c2ccccc2CN1.[CH3-].[K+]. The van der Waals surface area contributed by atoms with Gasteiger partial charge in [0.05, 0.1) is 11.4 Å². The van der Waals surface area contributed by atoms with E-state index in [4.69, 9.17) is 11.6 Å². The van der Waals surface area contributed by atoms with Gasteiger partial charge in [-0.1, -0.05) is 43.5 Å². The smallest absolute Gasteiger partial charge is 0.396 e. The molecule has 0 fully saturated rings. The van der Waals surface area contributed by atoms with Crippen molar-refractivity contribution in [3.8, 4) is 0 Å². The molecule has 0 saturated heterocycles. The normalized spacial score (nSPS) is 19.7. The fraction of sp³-hybridized carbons (Fsp3) is 0.211. The molecule has 4 nitrogen and oxygen atoms in total. The number of nitrogens with zero attached hydrogens (tertiary/aromatic N) is 1. The van der Waals surface area contributed by atoms with E-state index < -0.39 is 0 Å². The predicted molar refractivity (Wildman–Crippen MR) is 99.4 cm³/mol. The van der Waals surface area contributed by atoms with Gasteiger partial charge in [0.15, 0.2) is 0 Å². The summed E-state index contributed by atoms with van der Waals surface area (Å²) in [6.07, 6.45) is 3.49. The van der Waals surface area contributed by atoms with Crippen LogP contribution in [0.2, 0.25) is 0 Å². The molecule has 0 bridgehead atoms. The van der Waals surface area contributed by atoms with E-state index in [-0.39, 0.29) is 64.9 Å². The molecule has 5 N–H and O–H groups in total.